The lowest BCUT2D eigenvalue weighted by atomic mass is 9.99. The first-order valence-electron chi connectivity index (χ1n) is 8.69. The lowest BCUT2D eigenvalue weighted by molar-refractivity contribution is -0.0627. The highest BCUT2D eigenvalue weighted by molar-refractivity contribution is 5.94. The maximum absolute atomic E-state index is 12.9. The predicted octanol–water partition coefficient (Wildman–Crippen LogP) is 1.65. The number of likely N-dealkylation sites (tertiary alicyclic amines) is 1. The van der Waals surface area contributed by atoms with Crippen LogP contribution in [0.15, 0.2) is 42.7 Å². The van der Waals surface area contributed by atoms with Crippen molar-refractivity contribution in [1.29, 1.82) is 0 Å². The number of aromatic amines is 1. The van der Waals surface area contributed by atoms with Gasteiger partial charge >= 0.3 is 0 Å². The molecule has 2 atom stereocenters. The Kier molecular flexibility index (Phi) is 3.56. The number of benzene rings is 1. The summed E-state index contributed by atoms with van der Waals surface area (Å²) in [5.41, 5.74) is 3.63. The van der Waals surface area contributed by atoms with E-state index in [0.717, 1.165) is 23.4 Å². The van der Waals surface area contributed by atoms with Crippen molar-refractivity contribution in [2.45, 2.75) is 25.2 Å². The van der Waals surface area contributed by atoms with Gasteiger partial charge in [-0.3, -0.25) is 9.89 Å². The summed E-state index contributed by atoms with van der Waals surface area (Å²) < 4.78 is 7.90. The van der Waals surface area contributed by atoms with Crippen molar-refractivity contribution < 1.29 is 9.53 Å². The van der Waals surface area contributed by atoms with E-state index >= 15 is 0 Å². The summed E-state index contributed by atoms with van der Waals surface area (Å²) >= 11 is 0. The van der Waals surface area contributed by atoms with E-state index in [4.69, 9.17) is 4.74 Å². The molecule has 1 amide bonds. The van der Waals surface area contributed by atoms with Crippen molar-refractivity contribution in [2.24, 2.45) is 0 Å². The summed E-state index contributed by atoms with van der Waals surface area (Å²) in [7, 11) is 0. The van der Waals surface area contributed by atoms with Gasteiger partial charge in [0.15, 0.2) is 0 Å². The lowest BCUT2D eigenvalue weighted by Crippen LogP contribution is -2.50. The molecule has 1 aromatic carbocycles. The molecule has 1 fully saturated rings. The Hall–Kier alpha value is -3.00. The molecule has 0 spiro atoms. The van der Waals surface area contributed by atoms with Crippen LogP contribution in [0.1, 0.15) is 28.5 Å². The highest BCUT2D eigenvalue weighted by Gasteiger charge is 2.37. The Bertz CT molecular complexity index is 918. The third-order valence-corrected chi connectivity index (χ3v) is 5.16. The van der Waals surface area contributed by atoms with E-state index in [2.05, 4.69) is 20.5 Å². The van der Waals surface area contributed by atoms with Gasteiger partial charge in [-0.25, -0.2) is 4.68 Å². The zero-order chi connectivity index (χ0) is 17.5. The van der Waals surface area contributed by atoms with Gasteiger partial charge in [0.05, 0.1) is 36.3 Å². The van der Waals surface area contributed by atoms with Gasteiger partial charge in [-0.15, -0.1) is 5.10 Å². The highest BCUT2D eigenvalue weighted by atomic mass is 16.5. The van der Waals surface area contributed by atoms with Gasteiger partial charge in [0.25, 0.3) is 5.91 Å². The van der Waals surface area contributed by atoms with Crippen LogP contribution in [0.3, 0.4) is 0 Å². The van der Waals surface area contributed by atoms with Gasteiger partial charge in [0.2, 0.25) is 0 Å². The standard InChI is InChI=1S/C18H18N6O2/c25-18(13-3-1-12(2-4-13)15-5-7-19-21-15)23-8-6-16-17(10-23)26-11-14-9-20-22-24(14)16/h1-5,7,9,16-17H,6,8,10-11H2,(H,19,21)/t16-,17-/m0/s1. The summed E-state index contributed by atoms with van der Waals surface area (Å²) in [5, 5.41) is 15.0. The summed E-state index contributed by atoms with van der Waals surface area (Å²) in [5.74, 6) is 0.0348. The van der Waals surface area contributed by atoms with Crippen LogP contribution in [0.2, 0.25) is 0 Å². The number of amides is 1. The molecule has 5 rings (SSSR count). The number of carbonyl (C=O) groups excluding carboxylic acids is 1. The van der Waals surface area contributed by atoms with E-state index < -0.39 is 0 Å². The normalized spacial score (nSPS) is 21.9. The van der Waals surface area contributed by atoms with E-state index in [1.54, 1.807) is 12.4 Å². The molecule has 8 heteroatoms. The van der Waals surface area contributed by atoms with Gasteiger partial charge < -0.3 is 9.64 Å². The van der Waals surface area contributed by atoms with Crippen molar-refractivity contribution in [3.8, 4) is 11.3 Å². The van der Waals surface area contributed by atoms with E-state index in [0.29, 0.717) is 25.3 Å². The second kappa shape index (κ2) is 6.06. The number of piperidine rings is 1. The topological polar surface area (TPSA) is 88.9 Å². The smallest absolute Gasteiger partial charge is 0.253 e. The molecule has 0 unspecified atom stereocenters. The average Bonchev–Trinajstić information content (AvgIpc) is 3.39. The number of nitrogens with one attached hydrogen (secondary N) is 1. The van der Waals surface area contributed by atoms with Gasteiger partial charge in [0, 0.05) is 24.8 Å². The number of aromatic nitrogens is 5. The molecule has 2 aliphatic heterocycles. The minimum absolute atomic E-state index is 0.0348. The Labute approximate surface area is 149 Å². The van der Waals surface area contributed by atoms with Crippen LogP contribution in [0.4, 0.5) is 0 Å². The third kappa shape index (κ3) is 2.50. The number of fused-ring (bicyclic) bond motifs is 3. The number of nitrogens with zero attached hydrogens (tertiary/aromatic N) is 5. The molecule has 132 valence electrons. The summed E-state index contributed by atoms with van der Waals surface area (Å²) in [4.78, 5) is 14.8. The zero-order valence-electron chi connectivity index (χ0n) is 14.1. The summed E-state index contributed by atoms with van der Waals surface area (Å²) in [6.07, 6.45) is 4.24. The number of hydrogen-bond donors (Lipinski definition) is 1. The average molecular weight is 350 g/mol. The van der Waals surface area contributed by atoms with Crippen LogP contribution < -0.4 is 0 Å². The Morgan fingerprint density at radius 2 is 2.12 bits per heavy atom. The van der Waals surface area contributed by atoms with E-state index in [1.807, 2.05) is 39.9 Å². The first-order chi connectivity index (χ1) is 12.8. The quantitative estimate of drug-likeness (QED) is 0.759. The van der Waals surface area contributed by atoms with E-state index in [9.17, 15) is 4.79 Å². The fraction of sp³-hybridized carbons (Fsp3) is 0.333. The van der Waals surface area contributed by atoms with Crippen molar-refractivity contribution in [2.75, 3.05) is 13.1 Å². The predicted molar refractivity (Wildman–Crippen MR) is 92.2 cm³/mol. The van der Waals surface area contributed by atoms with Crippen LogP contribution in [0.25, 0.3) is 11.3 Å². The molecule has 26 heavy (non-hydrogen) atoms. The SMILES string of the molecule is O=C(c1ccc(-c2ccn[nH]2)cc1)N1CC[C@H]2[C@H](C1)OCc1cnnn12. The van der Waals surface area contributed by atoms with E-state index in [-0.39, 0.29) is 18.1 Å². The third-order valence-electron chi connectivity index (χ3n) is 5.16. The molecular weight excluding hydrogens is 332 g/mol. The molecule has 2 aromatic heterocycles. The number of rotatable bonds is 2. The second-order valence-corrected chi connectivity index (χ2v) is 6.67. The Morgan fingerprint density at radius 1 is 1.23 bits per heavy atom. The minimum Gasteiger partial charge on any atom is -0.368 e. The molecule has 0 radical (unpaired) electrons. The molecular formula is C18H18N6O2. The molecule has 0 saturated carbocycles. The molecule has 0 aliphatic carbocycles. The molecule has 4 heterocycles. The number of hydrogen-bond acceptors (Lipinski definition) is 5. The molecule has 1 N–H and O–H groups in total. The first-order valence-corrected chi connectivity index (χ1v) is 8.69. The minimum atomic E-state index is -0.0360. The Balaban J connectivity index is 1.31. The monoisotopic (exact) mass is 350 g/mol. The zero-order valence-corrected chi connectivity index (χ0v) is 14.1. The Morgan fingerprint density at radius 3 is 2.92 bits per heavy atom. The molecule has 8 nitrogen and oxygen atoms in total. The number of ether oxygens (including phenoxy) is 1. The van der Waals surface area contributed by atoms with Gasteiger partial charge in [-0.05, 0) is 30.2 Å². The van der Waals surface area contributed by atoms with Gasteiger partial charge in [-0.1, -0.05) is 17.3 Å². The van der Waals surface area contributed by atoms with Crippen LogP contribution in [-0.2, 0) is 11.3 Å². The molecule has 3 aromatic rings. The van der Waals surface area contributed by atoms with Crippen molar-refractivity contribution in [3.05, 3.63) is 54.0 Å². The number of H-pyrrole nitrogens is 1. The van der Waals surface area contributed by atoms with Crippen LogP contribution in [0, 0.1) is 0 Å². The number of carbonyl (C=O) groups is 1. The van der Waals surface area contributed by atoms with Gasteiger partial charge in [-0.2, -0.15) is 5.10 Å². The maximum atomic E-state index is 12.9. The largest absolute Gasteiger partial charge is 0.368 e. The van der Waals surface area contributed by atoms with Gasteiger partial charge in [0.1, 0.15) is 0 Å². The molecule has 1 saturated heterocycles. The first kappa shape index (κ1) is 15.3. The lowest BCUT2D eigenvalue weighted by Gasteiger charge is -2.41. The van der Waals surface area contributed by atoms with Crippen molar-refractivity contribution in [3.63, 3.8) is 0 Å². The van der Waals surface area contributed by atoms with Crippen LogP contribution in [0.5, 0.6) is 0 Å². The van der Waals surface area contributed by atoms with Crippen molar-refractivity contribution >= 4 is 5.91 Å². The summed E-state index contributed by atoms with van der Waals surface area (Å²) in [6, 6.07) is 9.66. The fourth-order valence-electron chi connectivity index (χ4n) is 3.76. The highest BCUT2D eigenvalue weighted by Crippen LogP contribution is 2.31. The van der Waals surface area contributed by atoms with Crippen LogP contribution >= 0.6 is 0 Å². The fourth-order valence-corrected chi connectivity index (χ4v) is 3.76. The van der Waals surface area contributed by atoms with Crippen LogP contribution in [-0.4, -0.2) is 55.2 Å². The molecule has 0 bridgehead atoms. The van der Waals surface area contributed by atoms with Crippen molar-refractivity contribution in [1.82, 2.24) is 30.1 Å². The summed E-state index contributed by atoms with van der Waals surface area (Å²) in [6.45, 7) is 1.76. The molecule has 2 aliphatic rings. The maximum Gasteiger partial charge on any atom is 0.253 e. The van der Waals surface area contributed by atoms with E-state index in [1.165, 1.54) is 0 Å². The second-order valence-electron chi connectivity index (χ2n) is 6.67.